The predicted octanol–water partition coefficient (Wildman–Crippen LogP) is 5.21. The number of halogens is 3. The summed E-state index contributed by atoms with van der Waals surface area (Å²) in [6.45, 7) is 1.72. The van der Waals surface area contributed by atoms with Crippen LogP contribution in [0.25, 0.3) is 28.0 Å². The summed E-state index contributed by atoms with van der Waals surface area (Å²) >= 11 is 6.06. The lowest BCUT2D eigenvalue weighted by Gasteiger charge is -2.12. The highest BCUT2D eigenvalue weighted by molar-refractivity contribution is 6.31. The zero-order valence-corrected chi connectivity index (χ0v) is 16.5. The number of nitrogens with zero attached hydrogens (tertiary/aromatic N) is 4. The van der Waals surface area contributed by atoms with Crippen molar-refractivity contribution in [2.24, 2.45) is 7.05 Å². The van der Waals surface area contributed by atoms with Crippen LogP contribution in [0.3, 0.4) is 0 Å². The largest absolute Gasteiger partial charge is 0.490 e. The first-order valence-corrected chi connectivity index (χ1v) is 9.63. The molecule has 8 heteroatoms. The molecule has 5 nitrogen and oxygen atoms in total. The predicted molar refractivity (Wildman–Crippen MR) is 107 cm³/mol. The molecule has 2 heterocycles. The Balaban J connectivity index is 1.71. The zero-order chi connectivity index (χ0) is 20.3. The van der Waals surface area contributed by atoms with Crippen LogP contribution in [0.5, 0.6) is 5.75 Å². The van der Waals surface area contributed by atoms with Crippen molar-refractivity contribution < 1.29 is 13.5 Å². The number of imidazole rings is 1. The summed E-state index contributed by atoms with van der Waals surface area (Å²) in [5.41, 5.74) is 2.18. The van der Waals surface area contributed by atoms with E-state index in [-0.39, 0.29) is 17.4 Å². The number of ether oxygens (including phenoxy) is 1. The number of fused-ring (bicyclic) bond motifs is 1. The van der Waals surface area contributed by atoms with Crippen molar-refractivity contribution in [2.75, 3.05) is 0 Å². The van der Waals surface area contributed by atoms with Crippen molar-refractivity contribution in [3.63, 3.8) is 0 Å². The molecule has 0 amide bonds. The average Bonchev–Trinajstić information content (AvgIpc) is 3.30. The Morgan fingerprint density at radius 2 is 1.83 bits per heavy atom. The van der Waals surface area contributed by atoms with E-state index in [1.807, 2.05) is 6.07 Å². The fourth-order valence-electron chi connectivity index (χ4n) is 3.60. The van der Waals surface area contributed by atoms with E-state index in [4.69, 9.17) is 16.3 Å². The molecule has 5 rings (SSSR count). The summed E-state index contributed by atoms with van der Waals surface area (Å²) in [7, 11) is 1.73. The third-order valence-corrected chi connectivity index (χ3v) is 5.26. The first-order valence-electron chi connectivity index (χ1n) is 9.25. The van der Waals surface area contributed by atoms with Gasteiger partial charge in [0.15, 0.2) is 0 Å². The second-order valence-corrected chi connectivity index (χ2v) is 7.67. The Labute approximate surface area is 170 Å². The lowest BCUT2D eigenvalue weighted by Crippen LogP contribution is -2.04. The number of hydrogen-bond acceptors (Lipinski definition) is 3. The van der Waals surface area contributed by atoms with Crippen molar-refractivity contribution in [3.05, 3.63) is 59.0 Å². The van der Waals surface area contributed by atoms with Crippen molar-refractivity contribution in [2.45, 2.75) is 25.9 Å². The van der Waals surface area contributed by atoms with E-state index >= 15 is 8.78 Å². The van der Waals surface area contributed by atoms with E-state index in [0.717, 1.165) is 18.4 Å². The summed E-state index contributed by atoms with van der Waals surface area (Å²) in [4.78, 5) is 4.37. The molecular weight excluding hydrogens is 398 g/mol. The quantitative estimate of drug-likeness (QED) is 0.460. The van der Waals surface area contributed by atoms with Gasteiger partial charge in [-0.2, -0.15) is 5.10 Å². The van der Waals surface area contributed by atoms with Gasteiger partial charge in [0.1, 0.15) is 29.5 Å². The molecule has 0 atom stereocenters. The summed E-state index contributed by atoms with van der Waals surface area (Å²) < 4.78 is 39.0. The van der Waals surface area contributed by atoms with Crippen LogP contribution in [-0.2, 0) is 7.05 Å². The van der Waals surface area contributed by atoms with E-state index in [1.165, 1.54) is 12.1 Å². The molecule has 0 saturated heterocycles. The van der Waals surface area contributed by atoms with Crippen molar-refractivity contribution >= 4 is 22.6 Å². The van der Waals surface area contributed by atoms with Crippen molar-refractivity contribution in [1.82, 2.24) is 19.3 Å². The van der Waals surface area contributed by atoms with E-state index < -0.39 is 11.6 Å². The maximum atomic E-state index is 15.0. The molecule has 1 aliphatic rings. The highest BCUT2D eigenvalue weighted by atomic mass is 35.5. The summed E-state index contributed by atoms with van der Waals surface area (Å²) in [5, 5.41) is 4.97. The van der Waals surface area contributed by atoms with Gasteiger partial charge in [-0.25, -0.2) is 13.8 Å². The fraction of sp³-hybridized carbons (Fsp3) is 0.238. The number of benzene rings is 2. The van der Waals surface area contributed by atoms with Gasteiger partial charge in [0.05, 0.1) is 34.0 Å². The molecule has 0 N–H and O–H groups in total. The van der Waals surface area contributed by atoms with E-state index in [1.54, 1.807) is 41.7 Å². The smallest absolute Gasteiger partial charge is 0.144 e. The first kappa shape index (κ1) is 18.1. The van der Waals surface area contributed by atoms with Crippen LogP contribution >= 0.6 is 11.6 Å². The van der Waals surface area contributed by atoms with Gasteiger partial charge in [0.25, 0.3) is 0 Å². The molecule has 29 heavy (non-hydrogen) atoms. The van der Waals surface area contributed by atoms with Gasteiger partial charge < -0.3 is 4.74 Å². The number of aryl methyl sites for hydroxylation is 2. The van der Waals surface area contributed by atoms with Crippen LogP contribution in [0.1, 0.15) is 18.5 Å². The van der Waals surface area contributed by atoms with Crippen molar-refractivity contribution in [1.29, 1.82) is 0 Å². The molecule has 0 radical (unpaired) electrons. The van der Waals surface area contributed by atoms with Gasteiger partial charge in [-0.15, -0.1) is 0 Å². The maximum absolute atomic E-state index is 15.0. The Kier molecular flexibility index (Phi) is 4.10. The van der Waals surface area contributed by atoms with E-state index in [9.17, 15) is 0 Å². The minimum atomic E-state index is -0.689. The molecule has 1 fully saturated rings. The Bertz CT molecular complexity index is 1240. The first-order chi connectivity index (χ1) is 13.9. The van der Waals surface area contributed by atoms with Crippen LogP contribution in [0.4, 0.5) is 8.78 Å². The Hall–Kier alpha value is -2.93. The summed E-state index contributed by atoms with van der Waals surface area (Å²) in [6, 6.07) is 7.77. The topological polar surface area (TPSA) is 44.9 Å². The normalized spacial score (nSPS) is 14.0. The maximum Gasteiger partial charge on any atom is 0.144 e. The highest BCUT2D eigenvalue weighted by Gasteiger charge is 2.27. The monoisotopic (exact) mass is 414 g/mol. The SMILES string of the molecule is Cc1nn(C)c(-n2cnc3cc(Cl)ccc32)c1-c1c(F)cc(OC2CC2)cc1F. The second-order valence-electron chi connectivity index (χ2n) is 7.23. The lowest BCUT2D eigenvalue weighted by molar-refractivity contribution is 0.300. The van der Waals surface area contributed by atoms with Gasteiger partial charge in [-0.3, -0.25) is 9.25 Å². The van der Waals surface area contributed by atoms with Gasteiger partial charge in [-0.1, -0.05) is 11.6 Å². The van der Waals surface area contributed by atoms with Crippen LogP contribution in [0.2, 0.25) is 5.02 Å². The average molecular weight is 415 g/mol. The van der Waals surface area contributed by atoms with E-state index in [0.29, 0.717) is 27.6 Å². The lowest BCUT2D eigenvalue weighted by atomic mass is 10.0. The minimum Gasteiger partial charge on any atom is -0.490 e. The Morgan fingerprint density at radius 3 is 2.52 bits per heavy atom. The number of rotatable bonds is 4. The summed E-state index contributed by atoms with van der Waals surface area (Å²) in [6.07, 6.45) is 3.48. The number of hydrogen-bond donors (Lipinski definition) is 0. The second kappa shape index (κ2) is 6.56. The van der Waals surface area contributed by atoms with Crippen LogP contribution in [0.15, 0.2) is 36.7 Å². The molecule has 0 spiro atoms. The fourth-order valence-corrected chi connectivity index (χ4v) is 3.77. The third kappa shape index (κ3) is 3.06. The molecule has 2 aromatic carbocycles. The minimum absolute atomic E-state index is 0.0551. The molecule has 4 aromatic rings. The number of aromatic nitrogens is 4. The van der Waals surface area contributed by atoms with Gasteiger partial charge in [-0.05, 0) is 38.0 Å². The van der Waals surface area contributed by atoms with Crippen LogP contribution < -0.4 is 4.74 Å². The third-order valence-electron chi connectivity index (χ3n) is 5.02. The molecule has 148 valence electrons. The molecular formula is C21H17ClF2N4O. The van der Waals surface area contributed by atoms with Crippen LogP contribution in [-0.4, -0.2) is 25.4 Å². The molecule has 0 aliphatic heterocycles. The molecule has 1 saturated carbocycles. The molecule has 1 aliphatic carbocycles. The molecule has 0 unspecified atom stereocenters. The van der Waals surface area contributed by atoms with Crippen molar-refractivity contribution in [3.8, 4) is 22.7 Å². The summed E-state index contributed by atoms with van der Waals surface area (Å²) in [5.74, 6) is -0.658. The Morgan fingerprint density at radius 1 is 1.10 bits per heavy atom. The van der Waals surface area contributed by atoms with Gasteiger partial charge in [0, 0.05) is 24.2 Å². The highest BCUT2D eigenvalue weighted by Crippen LogP contribution is 2.38. The van der Waals surface area contributed by atoms with Gasteiger partial charge >= 0.3 is 0 Å². The molecule has 2 aromatic heterocycles. The van der Waals surface area contributed by atoms with E-state index in [2.05, 4.69) is 10.1 Å². The van der Waals surface area contributed by atoms with Gasteiger partial charge in [0.2, 0.25) is 0 Å². The zero-order valence-electron chi connectivity index (χ0n) is 15.8. The molecule has 0 bridgehead atoms. The standard InChI is InChI=1S/C21H17ClF2N4O/c1-11-19(20-15(23)8-14(9-16(20)24)29-13-4-5-13)21(27(2)26-11)28-10-25-17-7-12(22)3-6-18(17)28/h3,6-10,13H,4-5H2,1-2H3. The van der Waals surface area contributed by atoms with Crippen LogP contribution in [0, 0.1) is 18.6 Å².